The normalized spacial score (nSPS) is 21.5. The zero-order valence-electron chi connectivity index (χ0n) is 10.4. The summed E-state index contributed by atoms with van der Waals surface area (Å²) < 4.78 is 5.37. The zero-order valence-corrected chi connectivity index (χ0v) is 11.1. The summed E-state index contributed by atoms with van der Waals surface area (Å²) in [7, 11) is 1.67. The third-order valence-corrected chi connectivity index (χ3v) is 3.40. The maximum absolute atomic E-state index is 6.12. The highest BCUT2D eigenvalue weighted by Gasteiger charge is 2.17. The average molecular weight is 255 g/mol. The van der Waals surface area contributed by atoms with Crippen molar-refractivity contribution >= 4 is 11.6 Å². The smallest absolute Gasteiger partial charge is 0.141 e. The standard InChI is InChI=1S/C13H19ClN2O/c1-10-8-16(7-6-15-10)9-11-4-3-5-12(14)13(11)17-2/h3-5,10,15H,6-9H2,1-2H3. The lowest BCUT2D eigenvalue weighted by molar-refractivity contribution is 0.197. The number of halogens is 1. The minimum Gasteiger partial charge on any atom is -0.495 e. The number of nitrogens with zero attached hydrogens (tertiary/aromatic N) is 1. The fourth-order valence-electron chi connectivity index (χ4n) is 2.30. The van der Waals surface area contributed by atoms with E-state index in [4.69, 9.17) is 16.3 Å². The van der Waals surface area contributed by atoms with Crippen LogP contribution in [0.2, 0.25) is 5.02 Å². The number of ether oxygens (including phenoxy) is 1. The highest BCUT2D eigenvalue weighted by atomic mass is 35.5. The van der Waals surface area contributed by atoms with Crippen molar-refractivity contribution in [1.82, 2.24) is 10.2 Å². The highest BCUT2D eigenvalue weighted by molar-refractivity contribution is 6.32. The molecular formula is C13H19ClN2O. The fraction of sp³-hybridized carbons (Fsp3) is 0.538. The van der Waals surface area contributed by atoms with E-state index >= 15 is 0 Å². The predicted octanol–water partition coefficient (Wildman–Crippen LogP) is 2.14. The van der Waals surface area contributed by atoms with Gasteiger partial charge in [0.2, 0.25) is 0 Å². The Balaban J connectivity index is 2.10. The summed E-state index contributed by atoms with van der Waals surface area (Å²) in [4.78, 5) is 2.43. The molecule has 1 aliphatic heterocycles. The van der Waals surface area contributed by atoms with Crippen molar-refractivity contribution in [2.24, 2.45) is 0 Å². The number of rotatable bonds is 3. The molecular weight excluding hydrogens is 236 g/mol. The lowest BCUT2D eigenvalue weighted by Gasteiger charge is -2.32. The molecule has 1 saturated heterocycles. The summed E-state index contributed by atoms with van der Waals surface area (Å²) >= 11 is 6.12. The van der Waals surface area contributed by atoms with Gasteiger partial charge in [0.05, 0.1) is 12.1 Å². The third-order valence-electron chi connectivity index (χ3n) is 3.10. The van der Waals surface area contributed by atoms with Crippen LogP contribution in [0.4, 0.5) is 0 Å². The van der Waals surface area contributed by atoms with E-state index in [1.807, 2.05) is 12.1 Å². The lowest BCUT2D eigenvalue weighted by Crippen LogP contribution is -2.48. The van der Waals surface area contributed by atoms with Crippen LogP contribution in [-0.2, 0) is 6.54 Å². The van der Waals surface area contributed by atoms with Crippen LogP contribution in [0.3, 0.4) is 0 Å². The SMILES string of the molecule is COc1c(Cl)cccc1CN1CCNC(C)C1. The van der Waals surface area contributed by atoms with Crippen molar-refractivity contribution in [3.63, 3.8) is 0 Å². The van der Waals surface area contributed by atoms with E-state index in [1.54, 1.807) is 7.11 Å². The fourth-order valence-corrected chi connectivity index (χ4v) is 2.57. The third kappa shape index (κ3) is 3.12. The molecule has 1 N–H and O–H groups in total. The molecule has 0 bridgehead atoms. The van der Waals surface area contributed by atoms with Crippen LogP contribution in [0.5, 0.6) is 5.75 Å². The Labute approximate surface area is 108 Å². The highest BCUT2D eigenvalue weighted by Crippen LogP contribution is 2.29. The molecule has 4 heteroatoms. The van der Waals surface area contributed by atoms with Gasteiger partial charge < -0.3 is 10.1 Å². The van der Waals surface area contributed by atoms with Gasteiger partial charge in [0, 0.05) is 37.8 Å². The van der Waals surface area contributed by atoms with Crippen molar-refractivity contribution in [2.45, 2.75) is 19.5 Å². The second kappa shape index (κ2) is 5.71. The van der Waals surface area contributed by atoms with E-state index in [9.17, 15) is 0 Å². The van der Waals surface area contributed by atoms with Gasteiger partial charge in [-0.1, -0.05) is 23.7 Å². The number of para-hydroxylation sites is 1. The zero-order chi connectivity index (χ0) is 12.3. The van der Waals surface area contributed by atoms with E-state index in [0.717, 1.165) is 37.5 Å². The molecule has 0 amide bonds. The molecule has 17 heavy (non-hydrogen) atoms. The van der Waals surface area contributed by atoms with Crippen molar-refractivity contribution in [3.05, 3.63) is 28.8 Å². The number of hydrogen-bond acceptors (Lipinski definition) is 3. The van der Waals surface area contributed by atoms with Gasteiger partial charge in [-0.3, -0.25) is 4.90 Å². The van der Waals surface area contributed by atoms with E-state index in [1.165, 1.54) is 0 Å². The molecule has 1 aromatic carbocycles. The van der Waals surface area contributed by atoms with Crippen LogP contribution in [0.25, 0.3) is 0 Å². The van der Waals surface area contributed by atoms with Crippen molar-refractivity contribution in [2.75, 3.05) is 26.7 Å². The summed E-state index contributed by atoms with van der Waals surface area (Å²) in [6, 6.07) is 6.47. The van der Waals surface area contributed by atoms with Gasteiger partial charge >= 0.3 is 0 Å². The Morgan fingerprint density at radius 3 is 3.06 bits per heavy atom. The quantitative estimate of drug-likeness (QED) is 0.895. The Kier molecular flexibility index (Phi) is 4.26. The van der Waals surface area contributed by atoms with E-state index < -0.39 is 0 Å². The molecule has 1 aromatic rings. The Bertz CT molecular complexity index is 384. The second-order valence-electron chi connectivity index (χ2n) is 4.52. The molecule has 1 aliphatic rings. The van der Waals surface area contributed by atoms with Crippen LogP contribution in [0.1, 0.15) is 12.5 Å². The van der Waals surface area contributed by atoms with Gasteiger partial charge in [-0.05, 0) is 13.0 Å². The molecule has 0 saturated carbocycles. The molecule has 1 unspecified atom stereocenters. The summed E-state index contributed by atoms with van der Waals surface area (Å²) in [5.74, 6) is 0.806. The summed E-state index contributed by atoms with van der Waals surface area (Å²) in [5.41, 5.74) is 1.16. The Morgan fingerprint density at radius 2 is 2.35 bits per heavy atom. The van der Waals surface area contributed by atoms with Gasteiger partial charge in [-0.2, -0.15) is 0 Å². The van der Waals surface area contributed by atoms with E-state index in [0.29, 0.717) is 11.1 Å². The predicted molar refractivity (Wildman–Crippen MR) is 70.7 cm³/mol. The maximum Gasteiger partial charge on any atom is 0.141 e. The Hall–Kier alpha value is -0.770. The molecule has 1 heterocycles. The molecule has 0 aromatic heterocycles. The number of hydrogen-bond donors (Lipinski definition) is 1. The summed E-state index contributed by atoms with van der Waals surface area (Å²) in [6.45, 7) is 6.29. The molecule has 1 atom stereocenters. The monoisotopic (exact) mass is 254 g/mol. The lowest BCUT2D eigenvalue weighted by atomic mass is 10.1. The molecule has 3 nitrogen and oxygen atoms in total. The minimum absolute atomic E-state index is 0.550. The van der Waals surface area contributed by atoms with E-state index in [2.05, 4.69) is 23.2 Å². The summed E-state index contributed by atoms with van der Waals surface area (Å²) in [5, 5.41) is 4.13. The van der Waals surface area contributed by atoms with Crippen molar-refractivity contribution in [1.29, 1.82) is 0 Å². The van der Waals surface area contributed by atoms with Gasteiger partial charge in [0.25, 0.3) is 0 Å². The topological polar surface area (TPSA) is 24.5 Å². The second-order valence-corrected chi connectivity index (χ2v) is 4.93. The molecule has 0 radical (unpaired) electrons. The number of methoxy groups -OCH3 is 1. The molecule has 0 aliphatic carbocycles. The first-order chi connectivity index (χ1) is 8.20. The average Bonchev–Trinajstić information content (AvgIpc) is 2.29. The first kappa shape index (κ1) is 12.7. The Morgan fingerprint density at radius 1 is 1.53 bits per heavy atom. The molecule has 94 valence electrons. The number of benzene rings is 1. The van der Waals surface area contributed by atoms with Crippen LogP contribution >= 0.6 is 11.6 Å². The van der Waals surface area contributed by atoms with Crippen molar-refractivity contribution < 1.29 is 4.74 Å². The van der Waals surface area contributed by atoms with Gasteiger partial charge in [0.15, 0.2) is 0 Å². The van der Waals surface area contributed by atoms with Gasteiger partial charge in [-0.25, -0.2) is 0 Å². The van der Waals surface area contributed by atoms with Crippen molar-refractivity contribution in [3.8, 4) is 5.75 Å². The molecule has 1 fully saturated rings. The van der Waals surface area contributed by atoms with Crippen LogP contribution in [-0.4, -0.2) is 37.7 Å². The first-order valence-corrected chi connectivity index (χ1v) is 6.35. The number of nitrogens with one attached hydrogen (secondary N) is 1. The summed E-state index contributed by atoms with van der Waals surface area (Å²) in [6.07, 6.45) is 0. The molecule has 0 spiro atoms. The van der Waals surface area contributed by atoms with Crippen LogP contribution in [0.15, 0.2) is 18.2 Å². The van der Waals surface area contributed by atoms with Crippen LogP contribution < -0.4 is 10.1 Å². The molecule has 2 rings (SSSR count). The maximum atomic E-state index is 6.12. The largest absolute Gasteiger partial charge is 0.495 e. The number of piperazine rings is 1. The van der Waals surface area contributed by atoms with Gasteiger partial charge in [0.1, 0.15) is 5.75 Å². The van der Waals surface area contributed by atoms with Crippen LogP contribution in [0, 0.1) is 0 Å². The first-order valence-electron chi connectivity index (χ1n) is 5.98. The minimum atomic E-state index is 0.550. The van der Waals surface area contributed by atoms with Gasteiger partial charge in [-0.15, -0.1) is 0 Å². The van der Waals surface area contributed by atoms with E-state index in [-0.39, 0.29) is 0 Å².